The van der Waals surface area contributed by atoms with Crippen LogP contribution in [0, 0.1) is 11.6 Å². The number of hydrogen-bond acceptors (Lipinski definition) is 1. The zero-order valence-corrected chi connectivity index (χ0v) is 7.05. The summed E-state index contributed by atoms with van der Waals surface area (Å²) in [5, 5.41) is 2.38. The van der Waals surface area contributed by atoms with Crippen molar-refractivity contribution in [2.24, 2.45) is 0 Å². The molecule has 1 amide bonds. The number of amides is 1. The first-order valence-electron chi connectivity index (χ1n) is 3.80. The van der Waals surface area contributed by atoms with E-state index in [1.54, 1.807) is 6.92 Å². The molecule has 0 aromatic heterocycles. The fraction of sp³-hybridized carbons (Fsp3) is 0.222. The molecule has 1 rings (SSSR count). The number of benzene rings is 1. The maximum absolute atomic E-state index is 13.0. The number of hydrogen-bond donors (Lipinski definition) is 1. The summed E-state index contributed by atoms with van der Waals surface area (Å²) < 4.78 is 25.5. The summed E-state index contributed by atoms with van der Waals surface area (Å²) >= 11 is 0. The molecule has 70 valence electrons. The fourth-order valence-corrected chi connectivity index (χ4v) is 1.04. The Labute approximate surface area is 74.6 Å². The summed E-state index contributed by atoms with van der Waals surface area (Å²) in [7, 11) is 0. The van der Waals surface area contributed by atoms with Crippen LogP contribution in [0.25, 0.3) is 0 Å². The van der Waals surface area contributed by atoms with Crippen molar-refractivity contribution in [3.63, 3.8) is 0 Å². The van der Waals surface area contributed by atoms with E-state index in [0.29, 0.717) is 6.41 Å². The van der Waals surface area contributed by atoms with Crippen LogP contribution in [-0.2, 0) is 4.79 Å². The molecule has 0 heterocycles. The van der Waals surface area contributed by atoms with Crippen LogP contribution in [0.5, 0.6) is 0 Å². The van der Waals surface area contributed by atoms with Gasteiger partial charge in [0.25, 0.3) is 0 Å². The Morgan fingerprint density at radius 3 is 2.69 bits per heavy atom. The molecule has 1 N–H and O–H groups in total. The van der Waals surface area contributed by atoms with Crippen LogP contribution >= 0.6 is 0 Å². The molecule has 0 saturated heterocycles. The van der Waals surface area contributed by atoms with Gasteiger partial charge in [0.2, 0.25) is 6.41 Å². The van der Waals surface area contributed by atoms with Crippen molar-refractivity contribution >= 4 is 6.41 Å². The Bertz CT molecular complexity index is 314. The van der Waals surface area contributed by atoms with Gasteiger partial charge in [0.05, 0.1) is 6.04 Å². The van der Waals surface area contributed by atoms with E-state index >= 15 is 0 Å². The lowest BCUT2D eigenvalue weighted by molar-refractivity contribution is -0.110. The van der Waals surface area contributed by atoms with E-state index < -0.39 is 17.7 Å². The van der Waals surface area contributed by atoms with E-state index in [4.69, 9.17) is 0 Å². The second kappa shape index (κ2) is 3.98. The molecule has 0 spiro atoms. The van der Waals surface area contributed by atoms with Crippen LogP contribution in [0.15, 0.2) is 18.2 Å². The van der Waals surface area contributed by atoms with Crippen molar-refractivity contribution in [1.82, 2.24) is 5.32 Å². The largest absolute Gasteiger partial charge is 0.352 e. The average Bonchev–Trinajstić information content (AvgIpc) is 2.04. The molecule has 13 heavy (non-hydrogen) atoms. The molecule has 1 aromatic carbocycles. The van der Waals surface area contributed by atoms with E-state index in [1.165, 1.54) is 6.07 Å². The number of nitrogens with one attached hydrogen (secondary N) is 1. The molecule has 4 heteroatoms. The maximum atomic E-state index is 13.0. The monoisotopic (exact) mass is 185 g/mol. The number of carbonyl (C=O) groups excluding carboxylic acids is 1. The minimum absolute atomic E-state index is 0.272. The van der Waals surface area contributed by atoms with E-state index in [2.05, 4.69) is 5.32 Å². The Morgan fingerprint density at radius 1 is 1.46 bits per heavy atom. The van der Waals surface area contributed by atoms with Crippen LogP contribution in [0.2, 0.25) is 0 Å². The van der Waals surface area contributed by atoms with Gasteiger partial charge in [0, 0.05) is 11.6 Å². The van der Waals surface area contributed by atoms with Crippen LogP contribution in [0.1, 0.15) is 18.5 Å². The molecule has 0 bridgehead atoms. The molecule has 1 aromatic rings. The van der Waals surface area contributed by atoms with Gasteiger partial charge in [-0.1, -0.05) is 6.07 Å². The molecule has 2 nitrogen and oxygen atoms in total. The van der Waals surface area contributed by atoms with E-state index in [1.807, 2.05) is 0 Å². The molecule has 0 radical (unpaired) electrons. The predicted octanol–water partition coefficient (Wildman–Crippen LogP) is 1.77. The van der Waals surface area contributed by atoms with Gasteiger partial charge >= 0.3 is 0 Å². The molecule has 1 unspecified atom stereocenters. The van der Waals surface area contributed by atoms with Gasteiger partial charge in [-0.05, 0) is 13.0 Å². The molecule has 0 fully saturated rings. The molecule has 0 saturated carbocycles. The third kappa shape index (κ3) is 2.24. The third-order valence-electron chi connectivity index (χ3n) is 1.75. The fourth-order valence-electron chi connectivity index (χ4n) is 1.04. The second-order valence-electron chi connectivity index (χ2n) is 2.67. The predicted molar refractivity (Wildman–Crippen MR) is 44.0 cm³/mol. The van der Waals surface area contributed by atoms with Crippen molar-refractivity contribution in [3.05, 3.63) is 35.4 Å². The minimum Gasteiger partial charge on any atom is -0.352 e. The summed E-state index contributed by atoms with van der Waals surface area (Å²) in [5.74, 6) is -1.28. The number of halogens is 2. The van der Waals surface area contributed by atoms with Gasteiger partial charge in [-0.15, -0.1) is 0 Å². The number of carbonyl (C=O) groups is 1. The minimum atomic E-state index is -0.651. The third-order valence-corrected chi connectivity index (χ3v) is 1.75. The van der Waals surface area contributed by atoms with Crippen LogP contribution in [0.3, 0.4) is 0 Å². The molecule has 0 aliphatic carbocycles. The van der Waals surface area contributed by atoms with Gasteiger partial charge in [0.1, 0.15) is 11.6 Å². The molecule has 0 aliphatic rings. The maximum Gasteiger partial charge on any atom is 0.207 e. The van der Waals surface area contributed by atoms with Crippen molar-refractivity contribution < 1.29 is 13.6 Å². The van der Waals surface area contributed by atoms with Crippen LogP contribution in [-0.4, -0.2) is 6.41 Å². The summed E-state index contributed by atoms with van der Waals surface area (Å²) in [6.45, 7) is 1.62. The topological polar surface area (TPSA) is 29.1 Å². The normalized spacial score (nSPS) is 12.2. The zero-order valence-electron chi connectivity index (χ0n) is 7.05. The molecular formula is C9H9F2NO. The Balaban J connectivity index is 2.94. The van der Waals surface area contributed by atoms with Gasteiger partial charge in [0.15, 0.2) is 0 Å². The van der Waals surface area contributed by atoms with Crippen LogP contribution < -0.4 is 5.32 Å². The second-order valence-corrected chi connectivity index (χ2v) is 2.67. The first-order chi connectivity index (χ1) is 6.15. The lowest BCUT2D eigenvalue weighted by atomic mass is 10.1. The van der Waals surface area contributed by atoms with Crippen LogP contribution in [0.4, 0.5) is 8.78 Å². The summed E-state index contributed by atoms with van der Waals surface area (Å²) in [6.07, 6.45) is 0.480. The first kappa shape index (κ1) is 9.64. The highest BCUT2D eigenvalue weighted by Gasteiger charge is 2.09. The average molecular weight is 185 g/mol. The van der Waals surface area contributed by atoms with Crippen molar-refractivity contribution in [3.8, 4) is 0 Å². The highest BCUT2D eigenvalue weighted by molar-refractivity contribution is 5.47. The Kier molecular flexibility index (Phi) is 2.95. The highest BCUT2D eigenvalue weighted by atomic mass is 19.1. The Morgan fingerprint density at radius 2 is 2.15 bits per heavy atom. The van der Waals surface area contributed by atoms with Gasteiger partial charge < -0.3 is 5.32 Å². The first-order valence-corrected chi connectivity index (χ1v) is 3.80. The standard InChI is InChI=1S/C9H9F2NO/c1-6(12-5-13)8-3-2-7(10)4-9(8)11/h2-6H,1H3,(H,12,13). The van der Waals surface area contributed by atoms with Crippen molar-refractivity contribution in [2.45, 2.75) is 13.0 Å². The number of rotatable bonds is 3. The summed E-state index contributed by atoms with van der Waals surface area (Å²) in [4.78, 5) is 10.1. The SMILES string of the molecule is CC(NC=O)c1ccc(F)cc1F. The van der Waals surface area contributed by atoms with E-state index in [0.717, 1.165) is 12.1 Å². The van der Waals surface area contributed by atoms with Crippen molar-refractivity contribution in [1.29, 1.82) is 0 Å². The zero-order chi connectivity index (χ0) is 9.84. The summed E-state index contributed by atoms with van der Waals surface area (Å²) in [6, 6.07) is 2.81. The Hall–Kier alpha value is -1.45. The van der Waals surface area contributed by atoms with E-state index in [-0.39, 0.29) is 5.56 Å². The lowest BCUT2D eigenvalue weighted by Crippen LogP contribution is -2.17. The van der Waals surface area contributed by atoms with Crippen molar-refractivity contribution in [2.75, 3.05) is 0 Å². The van der Waals surface area contributed by atoms with Gasteiger partial charge in [-0.2, -0.15) is 0 Å². The highest BCUT2D eigenvalue weighted by Crippen LogP contribution is 2.16. The van der Waals surface area contributed by atoms with Gasteiger partial charge in [-0.25, -0.2) is 8.78 Å². The molecule has 1 atom stereocenters. The van der Waals surface area contributed by atoms with Gasteiger partial charge in [-0.3, -0.25) is 4.79 Å². The molecule has 0 aliphatic heterocycles. The quantitative estimate of drug-likeness (QED) is 0.714. The summed E-state index contributed by atoms with van der Waals surface area (Å²) in [5.41, 5.74) is 0.272. The smallest absolute Gasteiger partial charge is 0.207 e. The molecular weight excluding hydrogens is 176 g/mol. The van der Waals surface area contributed by atoms with E-state index in [9.17, 15) is 13.6 Å². The lowest BCUT2D eigenvalue weighted by Gasteiger charge is -2.10.